The third-order valence-corrected chi connectivity index (χ3v) is 1.34. The van der Waals surface area contributed by atoms with Crippen molar-refractivity contribution in [2.75, 3.05) is 5.32 Å². The average Bonchev–Trinajstić information content (AvgIpc) is 2.35. The van der Waals surface area contributed by atoms with Gasteiger partial charge in [0.15, 0.2) is 0 Å². The maximum atomic E-state index is 9.97. The van der Waals surface area contributed by atoms with Crippen LogP contribution in [-0.2, 0) is 10.4 Å². The summed E-state index contributed by atoms with van der Waals surface area (Å²) in [6, 6.07) is 1.47. The number of anilines is 1. The minimum atomic E-state index is -1.05. The first-order valence-corrected chi connectivity index (χ1v) is 3.44. The largest absolute Gasteiger partial charge is 0.384 e. The van der Waals surface area contributed by atoms with Crippen LogP contribution in [0, 0.1) is 0 Å². The van der Waals surface area contributed by atoms with Gasteiger partial charge in [-0.25, -0.2) is 0 Å². The van der Waals surface area contributed by atoms with Crippen LogP contribution in [0.1, 0.15) is 19.5 Å². The highest BCUT2D eigenvalue weighted by atomic mass is 16.5. The van der Waals surface area contributed by atoms with Gasteiger partial charge in [-0.05, 0) is 13.8 Å². The Hall–Kier alpha value is -1.36. The summed E-state index contributed by atoms with van der Waals surface area (Å²) in [5, 5.41) is 15.3. The van der Waals surface area contributed by atoms with Crippen molar-refractivity contribution in [3.8, 4) is 0 Å². The van der Waals surface area contributed by atoms with Crippen molar-refractivity contribution in [2.45, 2.75) is 19.4 Å². The van der Waals surface area contributed by atoms with Gasteiger partial charge in [-0.3, -0.25) is 10.1 Å². The monoisotopic (exact) mass is 170 g/mol. The first kappa shape index (κ1) is 8.73. The first-order chi connectivity index (χ1) is 5.54. The molecule has 0 radical (unpaired) electrons. The van der Waals surface area contributed by atoms with Crippen molar-refractivity contribution in [2.24, 2.45) is 0 Å². The van der Waals surface area contributed by atoms with Crippen LogP contribution >= 0.6 is 0 Å². The lowest BCUT2D eigenvalue weighted by atomic mass is 10.1. The van der Waals surface area contributed by atoms with Gasteiger partial charge < -0.3 is 9.63 Å². The Morgan fingerprint density at radius 3 is 2.83 bits per heavy atom. The highest BCUT2D eigenvalue weighted by molar-refractivity contribution is 5.67. The quantitative estimate of drug-likeness (QED) is 0.646. The molecule has 0 aliphatic heterocycles. The fourth-order valence-corrected chi connectivity index (χ4v) is 0.690. The number of hydrogen-bond donors (Lipinski definition) is 2. The van der Waals surface area contributed by atoms with E-state index in [2.05, 4.69) is 15.0 Å². The van der Waals surface area contributed by atoms with Gasteiger partial charge in [-0.2, -0.15) is 0 Å². The van der Waals surface area contributed by atoms with E-state index in [0.717, 1.165) is 0 Å². The van der Waals surface area contributed by atoms with E-state index in [9.17, 15) is 9.90 Å². The summed E-state index contributed by atoms with van der Waals surface area (Å²) in [5.74, 6) is 0.224. The van der Waals surface area contributed by atoms with Crippen molar-refractivity contribution in [3.05, 3.63) is 11.8 Å². The van der Waals surface area contributed by atoms with Crippen LogP contribution in [0.2, 0.25) is 0 Å². The summed E-state index contributed by atoms with van der Waals surface area (Å²) in [4.78, 5) is 9.97. The standard InChI is InChI=1S/C7H10N2O3/c1-7(2,11)5-3-6(8-4-10)12-9-5/h3-4,11H,1-2H3,(H,8,10). The Morgan fingerprint density at radius 2 is 2.42 bits per heavy atom. The van der Waals surface area contributed by atoms with Crippen molar-refractivity contribution < 1.29 is 14.4 Å². The minimum Gasteiger partial charge on any atom is -0.384 e. The molecule has 0 atom stereocenters. The minimum absolute atomic E-state index is 0.224. The van der Waals surface area contributed by atoms with Gasteiger partial charge in [0.1, 0.15) is 11.3 Å². The zero-order valence-electron chi connectivity index (χ0n) is 6.87. The van der Waals surface area contributed by atoms with E-state index in [1.54, 1.807) is 13.8 Å². The molecule has 1 rings (SSSR count). The highest BCUT2D eigenvalue weighted by Gasteiger charge is 2.20. The van der Waals surface area contributed by atoms with E-state index in [-0.39, 0.29) is 5.88 Å². The molecule has 1 aromatic rings. The average molecular weight is 170 g/mol. The first-order valence-electron chi connectivity index (χ1n) is 3.44. The van der Waals surface area contributed by atoms with E-state index in [1.807, 2.05) is 0 Å². The van der Waals surface area contributed by atoms with Crippen LogP contribution in [0.15, 0.2) is 10.6 Å². The van der Waals surface area contributed by atoms with E-state index in [0.29, 0.717) is 12.1 Å². The Bertz CT molecular complexity index is 274. The molecule has 1 amide bonds. The molecule has 0 bridgehead atoms. The van der Waals surface area contributed by atoms with Crippen LogP contribution < -0.4 is 5.32 Å². The van der Waals surface area contributed by atoms with Crippen LogP contribution in [0.25, 0.3) is 0 Å². The molecule has 1 aromatic heterocycles. The van der Waals surface area contributed by atoms with Crippen molar-refractivity contribution in [1.29, 1.82) is 0 Å². The fourth-order valence-electron chi connectivity index (χ4n) is 0.690. The van der Waals surface area contributed by atoms with Crippen molar-refractivity contribution in [3.63, 3.8) is 0 Å². The number of amides is 1. The zero-order chi connectivity index (χ0) is 9.19. The third-order valence-electron chi connectivity index (χ3n) is 1.34. The van der Waals surface area contributed by atoms with Gasteiger partial charge in [0.2, 0.25) is 12.3 Å². The molecular formula is C7H10N2O3. The second-order valence-electron chi connectivity index (χ2n) is 2.90. The molecule has 0 spiro atoms. The van der Waals surface area contributed by atoms with Crippen molar-refractivity contribution in [1.82, 2.24) is 5.16 Å². The van der Waals surface area contributed by atoms with E-state index < -0.39 is 5.60 Å². The second kappa shape index (κ2) is 2.94. The Kier molecular flexibility index (Phi) is 2.14. The molecule has 66 valence electrons. The van der Waals surface area contributed by atoms with Crippen LogP contribution in [0.3, 0.4) is 0 Å². The highest BCUT2D eigenvalue weighted by Crippen LogP contribution is 2.20. The van der Waals surface area contributed by atoms with Gasteiger partial charge >= 0.3 is 0 Å². The number of aliphatic hydroxyl groups is 1. The van der Waals surface area contributed by atoms with Crippen molar-refractivity contribution >= 4 is 12.3 Å². The number of nitrogens with zero attached hydrogens (tertiary/aromatic N) is 1. The molecule has 0 saturated heterocycles. The van der Waals surface area contributed by atoms with Crippen LogP contribution in [0.5, 0.6) is 0 Å². The topological polar surface area (TPSA) is 75.4 Å². The zero-order valence-corrected chi connectivity index (χ0v) is 6.87. The Balaban J connectivity index is 2.84. The summed E-state index contributed by atoms with van der Waals surface area (Å²) < 4.78 is 4.68. The van der Waals surface area contributed by atoms with E-state index in [4.69, 9.17) is 0 Å². The Labute approximate surface area is 69.4 Å². The predicted octanol–water partition coefficient (Wildman–Crippen LogP) is 0.470. The summed E-state index contributed by atoms with van der Waals surface area (Å²) in [6.45, 7) is 3.16. The van der Waals surface area contributed by atoms with Crippen LogP contribution in [-0.4, -0.2) is 16.7 Å². The molecule has 0 fully saturated rings. The number of aromatic nitrogens is 1. The lowest BCUT2D eigenvalue weighted by Crippen LogP contribution is -2.15. The molecular weight excluding hydrogens is 160 g/mol. The lowest BCUT2D eigenvalue weighted by molar-refractivity contribution is -0.105. The number of nitrogens with one attached hydrogen (secondary N) is 1. The Morgan fingerprint density at radius 1 is 1.75 bits per heavy atom. The summed E-state index contributed by atoms with van der Waals surface area (Å²) in [7, 11) is 0. The summed E-state index contributed by atoms with van der Waals surface area (Å²) >= 11 is 0. The third kappa shape index (κ3) is 1.82. The smallest absolute Gasteiger partial charge is 0.231 e. The lowest BCUT2D eigenvalue weighted by Gasteiger charge is -2.11. The molecule has 1 heterocycles. The fraction of sp³-hybridized carbons (Fsp3) is 0.429. The molecule has 5 nitrogen and oxygen atoms in total. The molecule has 5 heteroatoms. The summed E-state index contributed by atoms with van der Waals surface area (Å²) in [5.41, 5.74) is -0.668. The van der Waals surface area contributed by atoms with Crippen LogP contribution in [0.4, 0.5) is 5.88 Å². The normalized spacial score (nSPS) is 11.2. The van der Waals surface area contributed by atoms with Gasteiger partial charge in [0.05, 0.1) is 0 Å². The molecule has 12 heavy (non-hydrogen) atoms. The van der Waals surface area contributed by atoms with E-state index >= 15 is 0 Å². The predicted molar refractivity (Wildman–Crippen MR) is 41.4 cm³/mol. The number of rotatable bonds is 3. The van der Waals surface area contributed by atoms with Gasteiger partial charge in [-0.15, -0.1) is 0 Å². The number of carbonyl (C=O) groups excluding carboxylic acids is 1. The number of hydrogen-bond acceptors (Lipinski definition) is 4. The molecule has 0 saturated carbocycles. The van der Waals surface area contributed by atoms with Gasteiger partial charge in [0.25, 0.3) is 0 Å². The SMILES string of the molecule is CC(C)(O)c1cc(NC=O)on1. The molecule has 0 aliphatic rings. The summed E-state index contributed by atoms with van der Waals surface area (Å²) in [6.07, 6.45) is 0.481. The molecule has 0 aromatic carbocycles. The maximum absolute atomic E-state index is 9.97. The molecule has 0 aliphatic carbocycles. The van der Waals surface area contributed by atoms with E-state index in [1.165, 1.54) is 6.07 Å². The maximum Gasteiger partial charge on any atom is 0.231 e. The molecule has 0 unspecified atom stereocenters. The van der Waals surface area contributed by atoms with Gasteiger partial charge in [0, 0.05) is 6.07 Å². The number of carbonyl (C=O) groups is 1. The van der Waals surface area contributed by atoms with Gasteiger partial charge in [-0.1, -0.05) is 5.16 Å². The second-order valence-corrected chi connectivity index (χ2v) is 2.90. The molecule has 2 N–H and O–H groups in total.